The Morgan fingerprint density at radius 2 is 2.14 bits per heavy atom. The van der Waals surface area contributed by atoms with Gasteiger partial charge in [-0.3, -0.25) is 10.1 Å². The van der Waals surface area contributed by atoms with Crippen molar-refractivity contribution in [2.75, 3.05) is 17.2 Å². The van der Waals surface area contributed by atoms with Crippen molar-refractivity contribution < 1.29 is 4.92 Å². The number of nitro groups is 1. The molecule has 0 spiro atoms. The third-order valence-corrected chi connectivity index (χ3v) is 3.66. The number of nitrogens with one attached hydrogen (secondary N) is 2. The topological polar surface area (TPSA) is 106 Å². The molecule has 0 bridgehead atoms. The molecule has 0 radical (unpaired) electrons. The summed E-state index contributed by atoms with van der Waals surface area (Å²) in [7, 11) is 0. The lowest BCUT2D eigenvalue weighted by molar-refractivity contribution is -0.383. The first-order chi connectivity index (χ1) is 10.0. The van der Waals surface area contributed by atoms with E-state index in [4.69, 9.17) is 0 Å². The average molecular weight is 306 g/mol. The fraction of sp³-hybridized carbons (Fsp3) is 0.250. The highest BCUT2D eigenvalue weighted by Gasteiger charge is 2.23. The first-order valence-corrected chi connectivity index (χ1v) is 6.89. The Morgan fingerprint density at radius 1 is 1.43 bits per heavy atom. The Balaban J connectivity index is 2.37. The van der Waals surface area contributed by atoms with E-state index in [1.54, 1.807) is 6.08 Å². The fourth-order valence-electron chi connectivity index (χ4n) is 1.57. The van der Waals surface area contributed by atoms with Gasteiger partial charge in [0.05, 0.1) is 10.6 Å². The average Bonchev–Trinajstić information content (AvgIpc) is 2.74. The van der Waals surface area contributed by atoms with Crippen LogP contribution in [0.4, 0.5) is 22.5 Å². The van der Waals surface area contributed by atoms with Crippen LogP contribution in [-0.2, 0) is 0 Å². The molecule has 2 heterocycles. The maximum Gasteiger partial charge on any atom is 0.353 e. The van der Waals surface area contributed by atoms with Crippen molar-refractivity contribution in [1.82, 2.24) is 15.0 Å². The molecule has 0 saturated heterocycles. The zero-order chi connectivity index (χ0) is 15.4. The number of hydrogen-bond acceptors (Lipinski definition) is 8. The highest BCUT2D eigenvalue weighted by atomic mass is 32.1. The second kappa shape index (κ2) is 6.27. The molecule has 110 valence electrons. The molecule has 2 rings (SSSR count). The van der Waals surface area contributed by atoms with Crippen molar-refractivity contribution in [1.29, 1.82) is 0 Å². The van der Waals surface area contributed by atoms with Gasteiger partial charge in [-0.2, -0.15) is 0 Å². The Kier molecular flexibility index (Phi) is 4.43. The summed E-state index contributed by atoms with van der Waals surface area (Å²) in [4.78, 5) is 23.9. The molecule has 0 unspecified atom stereocenters. The third-order valence-electron chi connectivity index (χ3n) is 2.67. The lowest BCUT2D eigenvalue weighted by atomic mass is 10.4. The molecular formula is C12H14N6O2S. The van der Waals surface area contributed by atoms with E-state index >= 15 is 0 Å². The van der Waals surface area contributed by atoms with Crippen LogP contribution in [0.1, 0.15) is 10.6 Å². The molecule has 0 aromatic carbocycles. The minimum Gasteiger partial charge on any atom is -0.361 e. The summed E-state index contributed by atoms with van der Waals surface area (Å²) < 4.78 is 0. The summed E-state index contributed by atoms with van der Waals surface area (Å²) in [6.07, 6.45) is 2.85. The molecule has 0 fully saturated rings. The number of thiazole rings is 1. The van der Waals surface area contributed by atoms with Gasteiger partial charge in [0.25, 0.3) is 0 Å². The molecule has 0 atom stereocenters. The van der Waals surface area contributed by atoms with E-state index in [1.165, 1.54) is 17.7 Å². The summed E-state index contributed by atoms with van der Waals surface area (Å²) >= 11 is 1.41. The fourth-order valence-corrected chi connectivity index (χ4v) is 2.38. The van der Waals surface area contributed by atoms with Crippen molar-refractivity contribution >= 4 is 33.8 Å². The van der Waals surface area contributed by atoms with E-state index in [1.807, 2.05) is 13.8 Å². The molecule has 0 aliphatic carbocycles. The van der Waals surface area contributed by atoms with Crippen molar-refractivity contribution in [3.63, 3.8) is 0 Å². The molecule has 0 amide bonds. The van der Waals surface area contributed by atoms with Crippen molar-refractivity contribution in [2.24, 2.45) is 0 Å². The van der Waals surface area contributed by atoms with Crippen LogP contribution in [0.2, 0.25) is 0 Å². The zero-order valence-corrected chi connectivity index (χ0v) is 12.4. The lowest BCUT2D eigenvalue weighted by Gasteiger charge is -2.07. The minimum absolute atomic E-state index is 0.107. The predicted molar refractivity (Wildman–Crippen MR) is 82.2 cm³/mol. The van der Waals surface area contributed by atoms with Crippen LogP contribution < -0.4 is 10.6 Å². The van der Waals surface area contributed by atoms with Crippen LogP contribution in [-0.4, -0.2) is 26.4 Å². The monoisotopic (exact) mass is 306 g/mol. The second-order valence-corrected chi connectivity index (χ2v) is 5.33. The highest BCUT2D eigenvalue weighted by molar-refractivity contribution is 7.15. The lowest BCUT2D eigenvalue weighted by Crippen LogP contribution is -2.08. The van der Waals surface area contributed by atoms with Crippen molar-refractivity contribution in [2.45, 2.75) is 13.8 Å². The highest BCUT2D eigenvalue weighted by Crippen LogP contribution is 2.32. The van der Waals surface area contributed by atoms with Gasteiger partial charge in [0.15, 0.2) is 5.13 Å². The van der Waals surface area contributed by atoms with Crippen LogP contribution in [0.15, 0.2) is 19.0 Å². The summed E-state index contributed by atoms with van der Waals surface area (Å²) in [5.74, 6) is 0.248. The van der Waals surface area contributed by atoms with Crippen LogP contribution in [0.5, 0.6) is 0 Å². The van der Waals surface area contributed by atoms with Crippen LogP contribution in [0.25, 0.3) is 0 Å². The number of aryl methyl sites for hydroxylation is 2. The molecule has 2 aromatic heterocycles. The molecule has 8 nitrogen and oxygen atoms in total. The summed E-state index contributed by atoms with van der Waals surface area (Å²) in [5.41, 5.74) is 0.661. The zero-order valence-electron chi connectivity index (χ0n) is 11.6. The first-order valence-electron chi connectivity index (χ1n) is 6.08. The maximum atomic E-state index is 11.3. The molecule has 0 aliphatic rings. The summed E-state index contributed by atoms with van der Waals surface area (Å²) in [6, 6.07) is 0. The van der Waals surface area contributed by atoms with Gasteiger partial charge >= 0.3 is 5.69 Å². The molecule has 2 N–H and O–H groups in total. The van der Waals surface area contributed by atoms with Gasteiger partial charge in [-0.25, -0.2) is 15.0 Å². The Bertz CT molecular complexity index is 665. The Labute approximate surface area is 125 Å². The van der Waals surface area contributed by atoms with Crippen LogP contribution in [0, 0.1) is 24.0 Å². The molecule has 0 aliphatic heterocycles. The molecule has 0 saturated carbocycles. The van der Waals surface area contributed by atoms with E-state index in [-0.39, 0.29) is 17.3 Å². The van der Waals surface area contributed by atoms with Gasteiger partial charge in [-0.15, -0.1) is 17.9 Å². The van der Waals surface area contributed by atoms with Gasteiger partial charge in [-0.05, 0) is 13.8 Å². The van der Waals surface area contributed by atoms with E-state index in [0.717, 1.165) is 10.6 Å². The largest absolute Gasteiger partial charge is 0.361 e. The van der Waals surface area contributed by atoms with E-state index < -0.39 is 4.92 Å². The second-order valence-electron chi connectivity index (χ2n) is 4.13. The number of anilines is 3. The van der Waals surface area contributed by atoms with E-state index in [0.29, 0.717) is 11.7 Å². The summed E-state index contributed by atoms with van der Waals surface area (Å²) in [5, 5.41) is 17.5. The number of hydrogen-bond donors (Lipinski definition) is 2. The number of rotatable bonds is 6. The van der Waals surface area contributed by atoms with Gasteiger partial charge in [0.2, 0.25) is 11.6 Å². The smallest absolute Gasteiger partial charge is 0.353 e. The third kappa shape index (κ3) is 3.31. The number of aromatic nitrogens is 3. The maximum absolute atomic E-state index is 11.3. The molecule has 21 heavy (non-hydrogen) atoms. The van der Waals surface area contributed by atoms with Gasteiger partial charge in [-0.1, -0.05) is 6.08 Å². The predicted octanol–water partition coefficient (Wildman–Crippen LogP) is 2.80. The first kappa shape index (κ1) is 14.9. The molecule has 2 aromatic rings. The quantitative estimate of drug-likeness (QED) is 0.480. The molecular weight excluding hydrogens is 292 g/mol. The van der Waals surface area contributed by atoms with Gasteiger partial charge < -0.3 is 10.6 Å². The standard InChI is InChI=1S/C12H14N6O2S/c1-4-5-13-10-9(18(19)20)11(15-6-14-10)17-12-16-7(2)8(3)21-12/h4,6H,1,5H2,2-3H3,(H2,13,14,15,16,17). The molecule has 9 heteroatoms. The van der Waals surface area contributed by atoms with Crippen molar-refractivity contribution in [3.05, 3.63) is 39.7 Å². The van der Waals surface area contributed by atoms with E-state index in [9.17, 15) is 10.1 Å². The van der Waals surface area contributed by atoms with Crippen LogP contribution >= 0.6 is 11.3 Å². The van der Waals surface area contributed by atoms with Crippen LogP contribution in [0.3, 0.4) is 0 Å². The van der Waals surface area contributed by atoms with Crippen molar-refractivity contribution in [3.8, 4) is 0 Å². The Hall–Kier alpha value is -2.55. The SMILES string of the molecule is C=CCNc1ncnc(Nc2nc(C)c(C)s2)c1[N+](=O)[O-]. The normalized spacial score (nSPS) is 10.2. The minimum atomic E-state index is -0.527. The Morgan fingerprint density at radius 3 is 2.71 bits per heavy atom. The van der Waals surface area contributed by atoms with Gasteiger partial charge in [0, 0.05) is 11.4 Å². The van der Waals surface area contributed by atoms with E-state index in [2.05, 4.69) is 32.2 Å². The summed E-state index contributed by atoms with van der Waals surface area (Å²) in [6.45, 7) is 7.73. The number of nitrogens with zero attached hydrogens (tertiary/aromatic N) is 4. The van der Waals surface area contributed by atoms with Gasteiger partial charge in [0.1, 0.15) is 6.33 Å².